The number of hydrogen-bond donors (Lipinski definition) is 1. The van der Waals surface area contributed by atoms with Gasteiger partial charge in [0.05, 0.1) is 6.04 Å². The average Bonchev–Trinajstić information content (AvgIpc) is 2.46. The highest BCUT2D eigenvalue weighted by molar-refractivity contribution is 5.83. The summed E-state index contributed by atoms with van der Waals surface area (Å²) in [7, 11) is 0. The first kappa shape index (κ1) is 17.1. The van der Waals surface area contributed by atoms with Crippen molar-refractivity contribution in [1.82, 2.24) is 20.0 Å². The maximum atomic E-state index is 12.6. The number of likely N-dealkylation sites (tertiary alicyclic amines) is 1. The second kappa shape index (κ2) is 7.31. The van der Waals surface area contributed by atoms with Crippen molar-refractivity contribution in [2.75, 3.05) is 32.7 Å². The molecule has 2 fully saturated rings. The molecule has 0 spiro atoms. The summed E-state index contributed by atoms with van der Waals surface area (Å²) in [5.41, 5.74) is 0. The van der Waals surface area contributed by atoms with Crippen LogP contribution in [-0.4, -0.2) is 77.5 Å². The lowest BCUT2D eigenvalue weighted by Crippen LogP contribution is -2.60. The molecule has 0 aromatic rings. The number of rotatable bonds is 3. The Labute approximate surface area is 133 Å². The summed E-state index contributed by atoms with van der Waals surface area (Å²) < 4.78 is 0. The third kappa shape index (κ3) is 3.91. The highest BCUT2D eigenvalue weighted by Gasteiger charge is 2.36. The van der Waals surface area contributed by atoms with Crippen LogP contribution in [0.4, 0.5) is 4.79 Å². The molecule has 1 atom stereocenters. The number of amides is 3. The fourth-order valence-electron chi connectivity index (χ4n) is 3.31. The van der Waals surface area contributed by atoms with Crippen molar-refractivity contribution in [3.8, 4) is 0 Å². The molecule has 0 radical (unpaired) electrons. The van der Waals surface area contributed by atoms with Gasteiger partial charge in [0, 0.05) is 44.8 Å². The van der Waals surface area contributed by atoms with Gasteiger partial charge in [-0.2, -0.15) is 0 Å². The molecule has 0 bridgehead atoms. The Morgan fingerprint density at radius 1 is 1.09 bits per heavy atom. The van der Waals surface area contributed by atoms with E-state index in [-0.39, 0.29) is 30.1 Å². The van der Waals surface area contributed by atoms with Crippen LogP contribution < -0.4 is 5.32 Å². The van der Waals surface area contributed by atoms with Gasteiger partial charge in [-0.25, -0.2) is 4.79 Å². The smallest absolute Gasteiger partial charge is 0.317 e. The molecule has 2 aliphatic heterocycles. The van der Waals surface area contributed by atoms with Crippen molar-refractivity contribution in [1.29, 1.82) is 0 Å². The first-order valence-corrected chi connectivity index (χ1v) is 8.50. The number of hydrogen-bond acceptors (Lipinski definition) is 3. The van der Waals surface area contributed by atoms with Crippen LogP contribution in [-0.2, 0) is 4.79 Å². The largest absolute Gasteiger partial charge is 0.339 e. The van der Waals surface area contributed by atoms with E-state index in [1.807, 2.05) is 23.6 Å². The standard InChI is InChI=1S/C16H30N4O2/c1-12(2)17-16(22)19-10-8-18(9-11-19)14-6-5-7-20(13(3)4)15(14)21/h12-14H,5-11H2,1-4H3,(H,17,22). The number of carbonyl (C=O) groups excluding carboxylic acids is 2. The van der Waals surface area contributed by atoms with Crippen molar-refractivity contribution in [2.45, 2.75) is 58.7 Å². The van der Waals surface area contributed by atoms with E-state index in [0.717, 1.165) is 32.5 Å². The summed E-state index contributed by atoms with van der Waals surface area (Å²) in [4.78, 5) is 30.7. The molecule has 2 rings (SSSR count). The monoisotopic (exact) mass is 310 g/mol. The Morgan fingerprint density at radius 3 is 2.27 bits per heavy atom. The third-order valence-corrected chi connectivity index (χ3v) is 4.52. The predicted octanol–water partition coefficient (Wildman–Crippen LogP) is 1.12. The van der Waals surface area contributed by atoms with Gasteiger partial charge >= 0.3 is 6.03 Å². The lowest BCUT2D eigenvalue weighted by Gasteiger charge is -2.43. The highest BCUT2D eigenvalue weighted by Crippen LogP contribution is 2.20. The van der Waals surface area contributed by atoms with Gasteiger partial charge in [-0.3, -0.25) is 9.69 Å². The van der Waals surface area contributed by atoms with Crippen LogP contribution in [0.25, 0.3) is 0 Å². The van der Waals surface area contributed by atoms with Crippen LogP contribution in [0, 0.1) is 0 Å². The van der Waals surface area contributed by atoms with Crippen LogP contribution in [0.3, 0.4) is 0 Å². The van der Waals surface area contributed by atoms with Gasteiger partial charge < -0.3 is 15.1 Å². The van der Waals surface area contributed by atoms with Crippen molar-refractivity contribution in [3.63, 3.8) is 0 Å². The number of carbonyl (C=O) groups is 2. The van der Waals surface area contributed by atoms with E-state index in [2.05, 4.69) is 24.1 Å². The summed E-state index contributed by atoms with van der Waals surface area (Å²) in [5.74, 6) is 0.265. The zero-order valence-electron chi connectivity index (χ0n) is 14.3. The molecular formula is C16H30N4O2. The SMILES string of the molecule is CC(C)NC(=O)N1CCN(C2CCCN(C(C)C)C2=O)CC1. The number of nitrogens with zero attached hydrogens (tertiary/aromatic N) is 3. The maximum Gasteiger partial charge on any atom is 0.317 e. The quantitative estimate of drug-likeness (QED) is 0.850. The molecule has 1 N–H and O–H groups in total. The summed E-state index contributed by atoms with van der Waals surface area (Å²) in [6.45, 7) is 11.9. The van der Waals surface area contributed by atoms with Crippen LogP contribution >= 0.6 is 0 Å². The minimum Gasteiger partial charge on any atom is -0.339 e. The summed E-state index contributed by atoms with van der Waals surface area (Å²) in [5, 5.41) is 2.93. The van der Waals surface area contributed by atoms with Gasteiger partial charge in [0.15, 0.2) is 0 Å². The molecule has 3 amide bonds. The Kier molecular flexibility index (Phi) is 5.67. The summed E-state index contributed by atoms with van der Waals surface area (Å²) in [6.07, 6.45) is 2.02. The first-order chi connectivity index (χ1) is 10.4. The molecule has 0 saturated carbocycles. The second-order valence-corrected chi connectivity index (χ2v) is 6.91. The minimum absolute atomic E-state index is 0.00598. The molecule has 2 saturated heterocycles. The second-order valence-electron chi connectivity index (χ2n) is 6.91. The number of urea groups is 1. The molecule has 6 heteroatoms. The van der Waals surface area contributed by atoms with E-state index < -0.39 is 0 Å². The van der Waals surface area contributed by atoms with E-state index in [9.17, 15) is 9.59 Å². The lowest BCUT2D eigenvalue weighted by atomic mass is 10.0. The van der Waals surface area contributed by atoms with Gasteiger partial charge in [-0.15, -0.1) is 0 Å². The number of piperazine rings is 1. The Balaban J connectivity index is 1.88. The van der Waals surface area contributed by atoms with Crippen molar-refractivity contribution in [3.05, 3.63) is 0 Å². The Morgan fingerprint density at radius 2 is 1.73 bits per heavy atom. The van der Waals surface area contributed by atoms with E-state index in [1.54, 1.807) is 0 Å². The lowest BCUT2D eigenvalue weighted by molar-refractivity contribution is -0.142. The Hall–Kier alpha value is -1.30. The molecule has 2 heterocycles. The fourth-order valence-corrected chi connectivity index (χ4v) is 3.31. The first-order valence-electron chi connectivity index (χ1n) is 8.50. The van der Waals surface area contributed by atoms with E-state index in [1.165, 1.54) is 0 Å². The van der Waals surface area contributed by atoms with E-state index in [0.29, 0.717) is 13.1 Å². The molecule has 6 nitrogen and oxygen atoms in total. The fraction of sp³-hybridized carbons (Fsp3) is 0.875. The van der Waals surface area contributed by atoms with Gasteiger partial charge in [-0.05, 0) is 40.5 Å². The van der Waals surface area contributed by atoms with Gasteiger partial charge in [0.25, 0.3) is 0 Å². The van der Waals surface area contributed by atoms with Gasteiger partial charge in [-0.1, -0.05) is 0 Å². The zero-order valence-corrected chi connectivity index (χ0v) is 14.3. The molecule has 0 aromatic carbocycles. The van der Waals surface area contributed by atoms with Crippen LogP contribution in [0.2, 0.25) is 0 Å². The normalized spacial score (nSPS) is 24.3. The molecular weight excluding hydrogens is 280 g/mol. The minimum atomic E-state index is 0.00598. The summed E-state index contributed by atoms with van der Waals surface area (Å²) in [6, 6.07) is 0.443. The highest BCUT2D eigenvalue weighted by atomic mass is 16.2. The molecule has 0 aliphatic carbocycles. The third-order valence-electron chi connectivity index (χ3n) is 4.52. The predicted molar refractivity (Wildman–Crippen MR) is 86.7 cm³/mol. The van der Waals surface area contributed by atoms with E-state index in [4.69, 9.17) is 0 Å². The molecule has 22 heavy (non-hydrogen) atoms. The van der Waals surface area contributed by atoms with Crippen LogP contribution in [0.15, 0.2) is 0 Å². The zero-order chi connectivity index (χ0) is 16.3. The van der Waals surface area contributed by atoms with Crippen LogP contribution in [0.1, 0.15) is 40.5 Å². The van der Waals surface area contributed by atoms with Crippen molar-refractivity contribution >= 4 is 11.9 Å². The average molecular weight is 310 g/mol. The molecule has 1 unspecified atom stereocenters. The Bertz CT molecular complexity index is 403. The maximum absolute atomic E-state index is 12.6. The van der Waals surface area contributed by atoms with Crippen LogP contribution in [0.5, 0.6) is 0 Å². The molecule has 126 valence electrons. The van der Waals surface area contributed by atoms with Gasteiger partial charge in [0.2, 0.25) is 5.91 Å². The number of nitrogens with one attached hydrogen (secondary N) is 1. The van der Waals surface area contributed by atoms with Gasteiger partial charge in [0.1, 0.15) is 0 Å². The molecule has 2 aliphatic rings. The number of piperidine rings is 1. The summed E-state index contributed by atoms with van der Waals surface area (Å²) >= 11 is 0. The van der Waals surface area contributed by atoms with Crippen molar-refractivity contribution in [2.24, 2.45) is 0 Å². The van der Waals surface area contributed by atoms with E-state index >= 15 is 0 Å². The molecule has 0 aromatic heterocycles. The van der Waals surface area contributed by atoms with Crippen molar-refractivity contribution < 1.29 is 9.59 Å². The topological polar surface area (TPSA) is 55.9 Å².